The lowest BCUT2D eigenvalue weighted by atomic mass is 9.95. The minimum Gasteiger partial charge on any atom is -0.326 e. The molecule has 1 heterocycles. The Balaban J connectivity index is 1.63. The summed E-state index contributed by atoms with van der Waals surface area (Å²) < 4.78 is 0. The van der Waals surface area contributed by atoms with Gasteiger partial charge in [-0.05, 0) is 31.2 Å². The molecule has 0 saturated heterocycles. The Labute approximate surface area is 174 Å². The van der Waals surface area contributed by atoms with Crippen molar-refractivity contribution in [1.82, 2.24) is 15.2 Å². The number of Topliss-reactive ketones (excluding diaryl/α,β-unsaturated/α-hetero) is 1. The van der Waals surface area contributed by atoms with Crippen LogP contribution in [0.4, 0.5) is 5.69 Å². The van der Waals surface area contributed by atoms with E-state index in [1.165, 1.54) is 11.8 Å². The second kappa shape index (κ2) is 8.61. The minimum atomic E-state index is -0.477. The van der Waals surface area contributed by atoms with Crippen molar-refractivity contribution < 1.29 is 9.59 Å². The number of aromatic nitrogens is 3. The molecule has 0 radical (unpaired) electrons. The van der Waals surface area contributed by atoms with Gasteiger partial charge in [0.25, 0.3) is 0 Å². The third-order valence-corrected chi connectivity index (χ3v) is 5.23. The van der Waals surface area contributed by atoms with Gasteiger partial charge in [0.15, 0.2) is 11.6 Å². The lowest BCUT2D eigenvalue weighted by molar-refractivity contribution is -0.123. The number of aromatic amines is 1. The van der Waals surface area contributed by atoms with Crippen molar-refractivity contribution in [1.29, 1.82) is 0 Å². The number of anilines is 1. The largest absolute Gasteiger partial charge is 0.326 e. The maximum absolute atomic E-state index is 12.7. The molecule has 3 aromatic rings. The molecule has 1 amide bonds. The lowest BCUT2D eigenvalue weighted by Crippen LogP contribution is -2.27. The van der Waals surface area contributed by atoms with Crippen LogP contribution in [0.3, 0.4) is 0 Å². The highest BCUT2D eigenvalue weighted by atomic mass is 32.2. The Morgan fingerprint density at radius 2 is 1.69 bits per heavy atom. The van der Waals surface area contributed by atoms with Gasteiger partial charge in [0.1, 0.15) is 0 Å². The minimum absolute atomic E-state index is 0.0187. The van der Waals surface area contributed by atoms with E-state index in [4.69, 9.17) is 0 Å². The molecule has 2 aromatic carbocycles. The summed E-state index contributed by atoms with van der Waals surface area (Å²) in [5, 5.41) is 10.2. The number of nitrogens with zero attached hydrogens (tertiary/aromatic N) is 2. The van der Waals surface area contributed by atoms with E-state index < -0.39 is 5.41 Å². The molecular weight excluding hydrogens is 384 g/mol. The fourth-order valence-corrected chi connectivity index (χ4v) is 3.31. The summed E-state index contributed by atoms with van der Waals surface area (Å²) in [6, 6.07) is 16.6. The standard InChI is InChI=1S/C22H24N4O2S/c1-14(29-21-24-19(25-26-21)16-8-6-5-7-9-16)18(27)15-10-12-17(13-11-15)23-20(28)22(2,3)4/h5-14H,1-4H3,(H,23,28)(H,24,25,26)/t14-/m0/s1. The van der Waals surface area contributed by atoms with Crippen LogP contribution in [-0.2, 0) is 4.79 Å². The first kappa shape index (κ1) is 20.8. The molecule has 1 aromatic heterocycles. The number of hydrogen-bond acceptors (Lipinski definition) is 5. The fraction of sp³-hybridized carbons (Fsp3) is 0.273. The SMILES string of the molecule is C[C@H](Sc1n[nH]c(-c2ccccc2)n1)C(=O)c1ccc(NC(=O)C(C)(C)C)cc1. The van der Waals surface area contributed by atoms with Gasteiger partial charge in [0.05, 0.1) is 5.25 Å². The first-order chi connectivity index (χ1) is 13.7. The monoisotopic (exact) mass is 408 g/mol. The average Bonchev–Trinajstić information content (AvgIpc) is 3.16. The number of rotatable bonds is 6. The Bertz CT molecular complexity index is 992. The molecule has 29 heavy (non-hydrogen) atoms. The highest BCUT2D eigenvalue weighted by molar-refractivity contribution is 8.00. The number of nitrogens with one attached hydrogen (secondary N) is 2. The molecule has 0 saturated carbocycles. The molecule has 6 nitrogen and oxygen atoms in total. The third-order valence-electron chi connectivity index (χ3n) is 4.27. The van der Waals surface area contributed by atoms with Crippen molar-refractivity contribution in [2.24, 2.45) is 5.41 Å². The highest BCUT2D eigenvalue weighted by Gasteiger charge is 2.22. The van der Waals surface area contributed by atoms with Crippen LogP contribution < -0.4 is 5.32 Å². The quantitative estimate of drug-likeness (QED) is 0.451. The highest BCUT2D eigenvalue weighted by Crippen LogP contribution is 2.25. The number of carbonyl (C=O) groups excluding carboxylic acids is 2. The van der Waals surface area contributed by atoms with Crippen LogP contribution in [0.1, 0.15) is 38.1 Å². The van der Waals surface area contributed by atoms with Gasteiger partial charge in [-0.15, -0.1) is 5.10 Å². The van der Waals surface area contributed by atoms with Crippen molar-refractivity contribution >= 4 is 29.1 Å². The molecule has 150 valence electrons. The molecule has 0 spiro atoms. The molecule has 0 bridgehead atoms. The van der Waals surface area contributed by atoms with Gasteiger partial charge in [0, 0.05) is 22.2 Å². The number of hydrogen-bond donors (Lipinski definition) is 2. The molecule has 0 aliphatic heterocycles. The zero-order valence-corrected chi connectivity index (χ0v) is 17.7. The van der Waals surface area contributed by atoms with Crippen LogP contribution >= 0.6 is 11.8 Å². The third kappa shape index (κ3) is 5.32. The van der Waals surface area contributed by atoms with Gasteiger partial charge < -0.3 is 5.32 Å². The van der Waals surface area contributed by atoms with Gasteiger partial charge in [-0.3, -0.25) is 14.7 Å². The number of benzene rings is 2. The lowest BCUT2D eigenvalue weighted by Gasteiger charge is -2.17. The van der Waals surface area contributed by atoms with Crippen LogP contribution in [-0.4, -0.2) is 32.1 Å². The number of carbonyl (C=O) groups is 2. The van der Waals surface area contributed by atoms with Gasteiger partial charge in [-0.1, -0.05) is 62.9 Å². The normalized spacial score (nSPS) is 12.4. The molecule has 1 atom stereocenters. The zero-order chi connectivity index (χ0) is 21.0. The van der Waals surface area contributed by atoms with Gasteiger partial charge in [-0.25, -0.2) is 4.98 Å². The van der Waals surface area contributed by atoms with Gasteiger partial charge in [-0.2, -0.15) is 0 Å². The van der Waals surface area contributed by atoms with Crippen molar-refractivity contribution in [3.8, 4) is 11.4 Å². The van der Waals surface area contributed by atoms with E-state index >= 15 is 0 Å². The summed E-state index contributed by atoms with van der Waals surface area (Å²) in [5.41, 5.74) is 1.72. The Kier molecular flexibility index (Phi) is 6.17. The van der Waals surface area contributed by atoms with E-state index in [2.05, 4.69) is 20.5 Å². The second-order valence-corrected chi connectivity index (χ2v) is 9.05. The summed E-state index contributed by atoms with van der Waals surface area (Å²) in [4.78, 5) is 29.3. The van der Waals surface area contributed by atoms with Crippen LogP contribution in [0.5, 0.6) is 0 Å². The number of H-pyrrole nitrogens is 1. The predicted molar refractivity (Wildman–Crippen MR) is 116 cm³/mol. The predicted octanol–water partition coefficient (Wildman–Crippen LogP) is 4.82. The fourth-order valence-electron chi connectivity index (χ4n) is 2.51. The topological polar surface area (TPSA) is 87.7 Å². The van der Waals surface area contributed by atoms with E-state index in [0.29, 0.717) is 22.2 Å². The van der Waals surface area contributed by atoms with E-state index in [9.17, 15) is 9.59 Å². The maximum atomic E-state index is 12.7. The average molecular weight is 409 g/mol. The summed E-state index contributed by atoms with van der Waals surface area (Å²) in [6.45, 7) is 7.39. The van der Waals surface area contributed by atoms with Crippen LogP contribution in [0.15, 0.2) is 59.8 Å². The molecule has 3 rings (SSSR count). The second-order valence-electron chi connectivity index (χ2n) is 7.74. The van der Waals surface area contributed by atoms with Crippen LogP contribution in [0.2, 0.25) is 0 Å². The summed E-state index contributed by atoms with van der Waals surface area (Å²) in [7, 11) is 0. The first-order valence-corrected chi connectivity index (χ1v) is 10.2. The maximum Gasteiger partial charge on any atom is 0.229 e. The molecule has 0 unspecified atom stereocenters. The van der Waals surface area contributed by atoms with Gasteiger partial charge in [0.2, 0.25) is 11.1 Å². The molecular formula is C22H24N4O2S. The van der Waals surface area contributed by atoms with Crippen molar-refractivity contribution in [3.05, 3.63) is 60.2 Å². The van der Waals surface area contributed by atoms with E-state index in [1.54, 1.807) is 24.3 Å². The molecule has 2 N–H and O–H groups in total. The Morgan fingerprint density at radius 3 is 2.31 bits per heavy atom. The number of thioether (sulfide) groups is 1. The Hall–Kier alpha value is -2.93. The van der Waals surface area contributed by atoms with E-state index in [-0.39, 0.29) is 16.9 Å². The zero-order valence-electron chi connectivity index (χ0n) is 16.9. The molecule has 0 fully saturated rings. The smallest absolute Gasteiger partial charge is 0.229 e. The molecule has 0 aliphatic rings. The molecule has 7 heteroatoms. The Morgan fingerprint density at radius 1 is 1.03 bits per heavy atom. The number of ketones is 1. The van der Waals surface area contributed by atoms with Crippen molar-refractivity contribution in [2.75, 3.05) is 5.32 Å². The van der Waals surface area contributed by atoms with Crippen molar-refractivity contribution in [3.63, 3.8) is 0 Å². The van der Waals surface area contributed by atoms with Crippen molar-refractivity contribution in [2.45, 2.75) is 38.1 Å². The number of amides is 1. The molecule has 0 aliphatic carbocycles. The summed E-state index contributed by atoms with van der Waals surface area (Å²) >= 11 is 1.31. The van der Waals surface area contributed by atoms with Gasteiger partial charge >= 0.3 is 0 Å². The summed E-state index contributed by atoms with van der Waals surface area (Å²) in [5.74, 6) is 0.584. The van der Waals surface area contributed by atoms with E-state index in [0.717, 1.165) is 5.56 Å². The van der Waals surface area contributed by atoms with E-state index in [1.807, 2.05) is 58.0 Å². The first-order valence-electron chi connectivity index (χ1n) is 9.34. The van der Waals surface area contributed by atoms with Crippen LogP contribution in [0, 0.1) is 5.41 Å². The summed E-state index contributed by atoms with van der Waals surface area (Å²) in [6.07, 6.45) is 0. The van der Waals surface area contributed by atoms with Crippen LogP contribution in [0.25, 0.3) is 11.4 Å².